The fourth-order valence-electron chi connectivity index (χ4n) is 4.91. The molecule has 1 fully saturated rings. The highest BCUT2D eigenvalue weighted by Gasteiger charge is 2.30. The van der Waals surface area contributed by atoms with Crippen LogP contribution < -0.4 is 15.4 Å². The average Bonchev–Trinajstić information content (AvgIpc) is 3.23. The molecule has 204 valence electrons. The van der Waals surface area contributed by atoms with E-state index in [4.69, 9.17) is 4.74 Å². The van der Waals surface area contributed by atoms with Gasteiger partial charge in [-0.05, 0) is 76.2 Å². The van der Waals surface area contributed by atoms with E-state index in [9.17, 15) is 13.2 Å². The molecule has 6 nitrogen and oxygen atoms in total. The Labute approximate surface area is 226 Å². The van der Waals surface area contributed by atoms with Crippen LogP contribution in [0.1, 0.15) is 31.4 Å². The normalized spacial score (nSPS) is 17.8. The first-order valence-corrected chi connectivity index (χ1v) is 13.8. The molecular weight excluding hydrogens is 511 g/mol. The van der Waals surface area contributed by atoms with Gasteiger partial charge in [0, 0.05) is 22.4 Å². The number of hydrogen-bond acceptors (Lipinski definition) is 6. The van der Waals surface area contributed by atoms with Gasteiger partial charge in [0.2, 0.25) is 0 Å². The van der Waals surface area contributed by atoms with Gasteiger partial charge in [-0.3, -0.25) is 4.98 Å². The van der Waals surface area contributed by atoms with Crippen molar-refractivity contribution in [3.8, 4) is 17.6 Å². The van der Waals surface area contributed by atoms with Crippen LogP contribution in [0.3, 0.4) is 0 Å². The summed E-state index contributed by atoms with van der Waals surface area (Å²) in [5.74, 6) is 6.61. The molecule has 2 aromatic heterocycles. The number of hydrogen-bond donors (Lipinski definition) is 2. The molecule has 1 aliphatic rings. The van der Waals surface area contributed by atoms with Crippen molar-refractivity contribution < 1.29 is 17.9 Å². The van der Waals surface area contributed by atoms with Crippen LogP contribution >= 0.6 is 11.8 Å². The van der Waals surface area contributed by atoms with Gasteiger partial charge < -0.3 is 24.8 Å². The zero-order valence-electron chi connectivity index (χ0n) is 22.2. The maximum atomic E-state index is 13.5. The Morgan fingerprint density at radius 2 is 1.89 bits per heavy atom. The van der Waals surface area contributed by atoms with Crippen molar-refractivity contribution in [1.29, 1.82) is 0 Å². The number of methoxy groups -OCH3 is 1. The summed E-state index contributed by atoms with van der Waals surface area (Å²) >= 11 is 1.61. The SMILES string of the molecule is COc1cc(SC)ccc1NCC#Cc1cc2c(NC3CCC(N(C)C)CC3)cncc2n1CC(F)(F)F. The van der Waals surface area contributed by atoms with E-state index >= 15 is 0 Å². The molecular formula is C28H34F3N5OS. The first-order valence-electron chi connectivity index (χ1n) is 12.6. The minimum Gasteiger partial charge on any atom is -0.495 e. The van der Waals surface area contributed by atoms with Crippen molar-refractivity contribution in [2.24, 2.45) is 0 Å². The smallest absolute Gasteiger partial charge is 0.406 e. The van der Waals surface area contributed by atoms with Crippen LogP contribution in [-0.4, -0.2) is 66.7 Å². The van der Waals surface area contributed by atoms with Crippen molar-refractivity contribution >= 4 is 34.0 Å². The Balaban J connectivity index is 1.56. The lowest BCUT2D eigenvalue weighted by molar-refractivity contribution is -0.140. The highest BCUT2D eigenvalue weighted by Crippen LogP contribution is 2.32. The quantitative estimate of drug-likeness (QED) is 0.265. The molecule has 0 aliphatic heterocycles. The third-order valence-electron chi connectivity index (χ3n) is 6.95. The molecule has 4 rings (SSSR count). The van der Waals surface area contributed by atoms with Crippen LogP contribution in [0.2, 0.25) is 0 Å². The Hall–Kier alpha value is -3.03. The van der Waals surface area contributed by atoms with E-state index < -0.39 is 12.7 Å². The Kier molecular flexibility index (Phi) is 9.00. The minimum absolute atomic E-state index is 0.251. The molecule has 0 radical (unpaired) electrons. The van der Waals surface area contributed by atoms with Gasteiger partial charge in [0.05, 0.1) is 48.6 Å². The number of nitrogens with zero attached hydrogens (tertiary/aromatic N) is 3. The molecule has 0 saturated heterocycles. The number of ether oxygens (including phenoxy) is 1. The number of nitrogens with one attached hydrogen (secondary N) is 2. The van der Waals surface area contributed by atoms with Crippen molar-refractivity contribution in [3.05, 3.63) is 42.4 Å². The zero-order valence-corrected chi connectivity index (χ0v) is 23.0. The maximum absolute atomic E-state index is 13.5. The van der Waals surface area contributed by atoms with Crippen LogP contribution in [0.15, 0.2) is 41.6 Å². The predicted molar refractivity (Wildman–Crippen MR) is 149 cm³/mol. The first kappa shape index (κ1) is 28.0. The standard InChI is InChI=1S/C28H34F3N5OS/c1-35(2)20-9-7-19(8-10-20)34-25-16-32-17-26-23(25)14-21(36(26)18-28(29,30)31)6-5-13-33-24-12-11-22(38-4)15-27(24)37-3/h11-12,14-17,19-20,33-34H,7-10,13,18H2,1-4H3. The number of aromatic nitrogens is 2. The van der Waals surface area contributed by atoms with Crippen LogP contribution in [0.4, 0.5) is 24.5 Å². The van der Waals surface area contributed by atoms with E-state index in [1.807, 2.05) is 24.5 Å². The Morgan fingerprint density at radius 3 is 2.55 bits per heavy atom. The highest BCUT2D eigenvalue weighted by molar-refractivity contribution is 7.98. The minimum atomic E-state index is -4.39. The van der Waals surface area contributed by atoms with Crippen molar-refractivity contribution in [1.82, 2.24) is 14.5 Å². The molecule has 1 aliphatic carbocycles. The maximum Gasteiger partial charge on any atom is 0.406 e. The topological polar surface area (TPSA) is 54.4 Å². The van der Waals surface area contributed by atoms with Crippen molar-refractivity contribution in [3.63, 3.8) is 0 Å². The van der Waals surface area contributed by atoms with Crippen LogP contribution in [0.25, 0.3) is 10.9 Å². The van der Waals surface area contributed by atoms with Crippen LogP contribution in [0, 0.1) is 11.8 Å². The van der Waals surface area contributed by atoms with Gasteiger partial charge >= 0.3 is 6.18 Å². The average molecular weight is 546 g/mol. The number of halogens is 3. The Morgan fingerprint density at radius 1 is 1.13 bits per heavy atom. The lowest BCUT2D eigenvalue weighted by Crippen LogP contribution is -2.36. The van der Waals surface area contributed by atoms with Crippen LogP contribution in [0.5, 0.6) is 5.75 Å². The third kappa shape index (κ3) is 6.88. The molecule has 10 heteroatoms. The van der Waals surface area contributed by atoms with Gasteiger partial charge in [-0.15, -0.1) is 11.8 Å². The summed E-state index contributed by atoms with van der Waals surface area (Å²) in [5.41, 5.74) is 2.24. The molecule has 0 amide bonds. The Bertz CT molecular complexity index is 1300. The summed E-state index contributed by atoms with van der Waals surface area (Å²) in [6.07, 6.45) is 4.94. The predicted octanol–water partition coefficient (Wildman–Crippen LogP) is 6.08. The summed E-state index contributed by atoms with van der Waals surface area (Å²) in [4.78, 5) is 7.58. The molecule has 0 spiro atoms. The van der Waals surface area contributed by atoms with Crippen molar-refractivity contribution in [2.75, 3.05) is 44.6 Å². The molecule has 0 unspecified atom stereocenters. The molecule has 2 N–H and O–H groups in total. The van der Waals surface area contributed by atoms with Crippen molar-refractivity contribution in [2.45, 2.75) is 55.4 Å². The van der Waals surface area contributed by atoms with Gasteiger partial charge in [-0.25, -0.2) is 0 Å². The second-order valence-electron chi connectivity index (χ2n) is 9.69. The van der Waals surface area contributed by atoms with E-state index in [2.05, 4.69) is 46.5 Å². The molecule has 38 heavy (non-hydrogen) atoms. The highest BCUT2D eigenvalue weighted by atomic mass is 32.2. The van der Waals surface area contributed by atoms with E-state index in [0.717, 1.165) is 42.0 Å². The largest absolute Gasteiger partial charge is 0.495 e. The number of alkyl halides is 3. The summed E-state index contributed by atoms with van der Waals surface area (Å²) in [6.45, 7) is -0.877. The third-order valence-corrected chi connectivity index (χ3v) is 7.67. The van der Waals surface area contributed by atoms with E-state index in [-0.39, 0.29) is 12.6 Å². The number of pyridine rings is 1. The molecule has 2 heterocycles. The fourth-order valence-corrected chi connectivity index (χ4v) is 5.34. The van der Waals surface area contributed by atoms with E-state index in [0.29, 0.717) is 28.4 Å². The van der Waals surface area contributed by atoms with Gasteiger partial charge in [0.15, 0.2) is 0 Å². The zero-order chi connectivity index (χ0) is 27.3. The summed E-state index contributed by atoms with van der Waals surface area (Å²) in [7, 11) is 5.80. The fraction of sp³-hybridized carbons (Fsp3) is 0.464. The molecule has 3 aromatic rings. The number of fused-ring (bicyclic) bond motifs is 1. The number of rotatable bonds is 8. The van der Waals surface area contributed by atoms with E-state index in [1.54, 1.807) is 31.1 Å². The van der Waals surface area contributed by atoms with Gasteiger partial charge in [0.25, 0.3) is 0 Å². The summed E-state index contributed by atoms with van der Waals surface area (Å²) in [5, 5.41) is 7.44. The second-order valence-corrected chi connectivity index (χ2v) is 10.6. The van der Waals surface area contributed by atoms with Gasteiger partial charge in [-0.1, -0.05) is 5.92 Å². The molecule has 1 aromatic carbocycles. The summed E-state index contributed by atoms with van der Waals surface area (Å²) in [6, 6.07) is 8.36. The lowest BCUT2D eigenvalue weighted by Gasteiger charge is -2.33. The molecule has 0 atom stereocenters. The number of benzene rings is 1. The molecule has 0 bridgehead atoms. The van der Waals surface area contributed by atoms with E-state index in [1.165, 1.54) is 10.8 Å². The number of thioether (sulfide) groups is 1. The monoisotopic (exact) mass is 545 g/mol. The van der Waals surface area contributed by atoms with Gasteiger partial charge in [0.1, 0.15) is 12.3 Å². The van der Waals surface area contributed by atoms with Gasteiger partial charge in [-0.2, -0.15) is 13.2 Å². The van der Waals surface area contributed by atoms with Crippen LogP contribution in [-0.2, 0) is 6.54 Å². The molecule has 1 saturated carbocycles. The number of anilines is 2. The second kappa shape index (κ2) is 12.2. The lowest BCUT2D eigenvalue weighted by atomic mass is 9.90. The summed E-state index contributed by atoms with van der Waals surface area (Å²) < 4.78 is 47.2. The first-order chi connectivity index (χ1) is 18.2.